The summed E-state index contributed by atoms with van der Waals surface area (Å²) in [5.74, 6) is 4.01. The van der Waals surface area contributed by atoms with Gasteiger partial charge in [-0.05, 0) is 85.5 Å². The second kappa shape index (κ2) is 8.27. The van der Waals surface area contributed by atoms with Crippen LogP contribution in [0.2, 0.25) is 0 Å². The van der Waals surface area contributed by atoms with Crippen LogP contribution in [0, 0.1) is 34.5 Å². The van der Waals surface area contributed by atoms with Gasteiger partial charge in [-0.25, -0.2) is 0 Å². The Morgan fingerprint density at radius 1 is 0.964 bits per heavy atom. The van der Waals surface area contributed by atoms with Crippen molar-refractivity contribution in [2.45, 2.75) is 117 Å². The first-order valence-corrected chi connectivity index (χ1v) is 12.7. The van der Waals surface area contributed by atoms with Crippen molar-refractivity contribution in [1.82, 2.24) is 0 Å². The largest absolute Gasteiger partial charge is 0.295 e. The number of unbranched alkanes of at least 4 members (excludes halogenated alkanes) is 5. The maximum Gasteiger partial charge on any atom is 0.155 e. The molecule has 4 aliphatic carbocycles. The summed E-state index contributed by atoms with van der Waals surface area (Å²) >= 11 is 0. The van der Waals surface area contributed by atoms with E-state index in [1.54, 1.807) is 5.57 Å². The molecular formula is C27H44O. The first-order valence-electron chi connectivity index (χ1n) is 12.7. The highest BCUT2D eigenvalue weighted by molar-refractivity contribution is 5.91. The maximum atomic E-state index is 12.2. The molecule has 4 rings (SSSR count). The van der Waals surface area contributed by atoms with Gasteiger partial charge in [0.15, 0.2) is 5.78 Å². The summed E-state index contributed by atoms with van der Waals surface area (Å²) in [5.41, 5.74) is 2.52. The second-order valence-corrected chi connectivity index (χ2v) is 11.4. The summed E-state index contributed by atoms with van der Waals surface area (Å²) in [4.78, 5) is 12.2. The maximum absolute atomic E-state index is 12.2. The SMILES string of the molecule is CCCCCCCCC1CC2=CC(=O)CC[C@]2(C)[C@H]2CC[C@]3(C)CCC[C@H]3[C@H]12. The fourth-order valence-corrected chi connectivity index (χ4v) is 8.18. The predicted molar refractivity (Wildman–Crippen MR) is 118 cm³/mol. The second-order valence-electron chi connectivity index (χ2n) is 11.4. The first-order chi connectivity index (χ1) is 13.5. The molecule has 1 nitrogen and oxygen atoms in total. The highest BCUT2D eigenvalue weighted by atomic mass is 16.1. The summed E-state index contributed by atoms with van der Waals surface area (Å²) in [6, 6.07) is 0. The molecule has 0 N–H and O–H groups in total. The van der Waals surface area contributed by atoms with E-state index in [1.807, 2.05) is 0 Å². The van der Waals surface area contributed by atoms with Crippen LogP contribution in [0.15, 0.2) is 11.6 Å². The van der Waals surface area contributed by atoms with Crippen molar-refractivity contribution in [3.8, 4) is 0 Å². The van der Waals surface area contributed by atoms with Crippen molar-refractivity contribution in [3.63, 3.8) is 0 Å². The molecule has 0 radical (unpaired) electrons. The third kappa shape index (κ3) is 3.65. The van der Waals surface area contributed by atoms with Crippen LogP contribution >= 0.6 is 0 Å². The fraction of sp³-hybridized carbons (Fsp3) is 0.889. The Morgan fingerprint density at radius 2 is 1.75 bits per heavy atom. The molecule has 0 spiro atoms. The van der Waals surface area contributed by atoms with E-state index >= 15 is 0 Å². The number of rotatable bonds is 7. The molecule has 0 amide bonds. The van der Waals surface area contributed by atoms with Crippen molar-refractivity contribution in [2.24, 2.45) is 34.5 Å². The van der Waals surface area contributed by atoms with Gasteiger partial charge in [0.2, 0.25) is 0 Å². The third-order valence-electron chi connectivity index (χ3n) is 9.85. The average Bonchev–Trinajstić information content (AvgIpc) is 3.07. The summed E-state index contributed by atoms with van der Waals surface area (Å²) in [7, 11) is 0. The van der Waals surface area contributed by atoms with Crippen molar-refractivity contribution < 1.29 is 4.79 Å². The van der Waals surface area contributed by atoms with Crippen LogP contribution in [0.3, 0.4) is 0 Å². The fourth-order valence-electron chi connectivity index (χ4n) is 8.18. The van der Waals surface area contributed by atoms with Crippen molar-refractivity contribution in [1.29, 1.82) is 0 Å². The highest BCUT2D eigenvalue weighted by Crippen LogP contribution is 2.67. The van der Waals surface area contributed by atoms with Crippen molar-refractivity contribution in [3.05, 3.63) is 11.6 Å². The number of allylic oxidation sites excluding steroid dienone is 1. The van der Waals surface area contributed by atoms with Gasteiger partial charge in [0.25, 0.3) is 0 Å². The van der Waals surface area contributed by atoms with Gasteiger partial charge in [-0.3, -0.25) is 4.79 Å². The van der Waals surface area contributed by atoms with Gasteiger partial charge in [0.05, 0.1) is 0 Å². The lowest BCUT2D eigenvalue weighted by Gasteiger charge is -2.60. The standard InChI is InChI=1S/C27H44O/c1-4-5-6-7-8-9-11-20-18-21-19-22(28)13-17-27(21,3)24-14-16-26(2)15-10-12-23(26)25(20)24/h19-20,23-25H,4-18H2,1-3H3/t20?,23-,24-,25-,26-,27-/m0/s1. The zero-order valence-corrected chi connectivity index (χ0v) is 18.9. The molecule has 3 fully saturated rings. The smallest absolute Gasteiger partial charge is 0.155 e. The van der Waals surface area contributed by atoms with Gasteiger partial charge in [-0.15, -0.1) is 0 Å². The van der Waals surface area contributed by atoms with Gasteiger partial charge in [0.1, 0.15) is 0 Å². The number of hydrogen-bond donors (Lipinski definition) is 0. The Bertz CT molecular complexity index is 603. The van der Waals surface area contributed by atoms with E-state index < -0.39 is 0 Å². The Hall–Kier alpha value is -0.590. The third-order valence-corrected chi connectivity index (χ3v) is 9.85. The molecule has 0 aromatic rings. The first kappa shape index (κ1) is 20.7. The minimum Gasteiger partial charge on any atom is -0.295 e. The van der Waals surface area contributed by atoms with E-state index in [9.17, 15) is 4.79 Å². The van der Waals surface area contributed by atoms with Crippen LogP contribution in [-0.2, 0) is 4.79 Å². The predicted octanol–water partition coefficient (Wildman–Crippen LogP) is 7.89. The molecule has 158 valence electrons. The molecule has 0 aliphatic heterocycles. The minimum atomic E-state index is 0.333. The van der Waals surface area contributed by atoms with E-state index in [0.29, 0.717) is 16.6 Å². The zero-order valence-electron chi connectivity index (χ0n) is 18.9. The topological polar surface area (TPSA) is 17.1 Å². The van der Waals surface area contributed by atoms with Crippen molar-refractivity contribution in [2.75, 3.05) is 0 Å². The molecule has 0 aromatic carbocycles. The zero-order chi connectivity index (χ0) is 19.8. The van der Waals surface area contributed by atoms with E-state index in [2.05, 4.69) is 26.8 Å². The quantitative estimate of drug-likeness (QED) is 0.408. The molecule has 1 unspecified atom stereocenters. The Balaban J connectivity index is 1.53. The molecule has 6 atom stereocenters. The molecule has 1 heteroatoms. The van der Waals surface area contributed by atoms with Gasteiger partial charge >= 0.3 is 0 Å². The van der Waals surface area contributed by atoms with Gasteiger partial charge in [0, 0.05) is 6.42 Å². The molecule has 0 heterocycles. The van der Waals surface area contributed by atoms with Gasteiger partial charge < -0.3 is 0 Å². The van der Waals surface area contributed by atoms with E-state index in [0.717, 1.165) is 36.5 Å². The summed E-state index contributed by atoms with van der Waals surface area (Å²) in [5, 5.41) is 0. The molecule has 0 saturated heterocycles. The average molecular weight is 385 g/mol. The molecule has 28 heavy (non-hydrogen) atoms. The summed E-state index contributed by atoms with van der Waals surface area (Å²) in [6.07, 6.45) is 22.4. The lowest BCUT2D eigenvalue weighted by Crippen LogP contribution is -2.52. The lowest BCUT2D eigenvalue weighted by molar-refractivity contribution is -0.118. The monoisotopic (exact) mass is 384 g/mol. The van der Waals surface area contributed by atoms with Crippen LogP contribution in [0.1, 0.15) is 117 Å². The van der Waals surface area contributed by atoms with Gasteiger partial charge in [-0.1, -0.05) is 71.3 Å². The molecular weight excluding hydrogens is 340 g/mol. The Kier molecular flexibility index (Phi) is 6.11. The van der Waals surface area contributed by atoms with Crippen LogP contribution in [-0.4, -0.2) is 5.78 Å². The minimum absolute atomic E-state index is 0.333. The molecule has 4 aliphatic rings. The normalized spacial score (nSPS) is 42.5. The number of carbonyl (C=O) groups excluding carboxylic acids is 1. The lowest BCUT2D eigenvalue weighted by atomic mass is 9.45. The van der Waals surface area contributed by atoms with Crippen LogP contribution in [0.4, 0.5) is 0 Å². The Morgan fingerprint density at radius 3 is 2.57 bits per heavy atom. The van der Waals surface area contributed by atoms with Crippen LogP contribution in [0.25, 0.3) is 0 Å². The highest BCUT2D eigenvalue weighted by Gasteiger charge is 2.58. The number of fused-ring (bicyclic) bond motifs is 5. The van der Waals surface area contributed by atoms with Gasteiger partial charge in [-0.2, -0.15) is 0 Å². The Labute approximate surface area is 174 Å². The summed E-state index contributed by atoms with van der Waals surface area (Å²) in [6.45, 7) is 7.47. The van der Waals surface area contributed by atoms with E-state index in [-0.39, 0.29) is 0 Å². The van der Waals surface area contributed by atoms with Crippen molar-refractivity contribution >= 4 is 5.78 Å². The van der Waals surface area contributed by atoms with Crippen LogP contribution < -0.4 is 0 Å². The van der Waals surface area contributed by atoms with E-state index in [4.69, 9.17) is 0 Å². The molecule has 3 saturated carbocycles. The molecule has 0 bridgehead atoms. The van der Waals surface area contributed by atoms with E-state index in [1.165, 1.54) is 83.5 Å². The van der Waals surface area contributed by atoms with Crippen LogP contribution in [0.5, 0.6) is 0 Å². The molecule has 0 aromatic heterocycles. The number of ketones is 1. The summed E-state index contributed by atoms with van der Waals surface area (Å²) < 4.78 is 0. The number of carbonyl (C=O) groups is 1. The number of hydrogen-bond acceptors (Lipinski definition) is 1.